The number of rotatable bonds is 10. The van der Waals surface area contributed by atoms with Gasteiger partial charge >= 0.3 is 0 Å². The maximum Gasteiger partial charge on any atom is 0.0546 e. The van der Waals surface area contributed by atoms with E-state index in [1.54, 1.807) is 0 Å². The number of benzene rings is 10. The molecule has 0 aromatic heterocycles. The molecule has 0 saturated heterocycles. The predicted octanol–water partition coefficient (Wildman–Crippen LogP) is 16.4. The number of hydrogen-bond donors (Lipinski definition) is 0. The third kappa shape index (κ3) is 7.35. The van der Waals surface area contributed by atoms with E-state index in [-0.39, 0.29) is 0 Å². The SMILES string of the molecule is C(=Cc1ccc(N(c2ccccc2)c2cc3c4ccccc4c(N(c4ccccc4)c4ccc(C=Cc5ccccc5)cc4)cc3c3ccccc23)cc1)c1ccccc1. The minimum Gasteiger partial charge on any atom is -0.310 e. The van der Waals surface area contributed by atoms with Gasteiger partial charge in [0.1, 0.15) is 0 Å². The summed E-state index contributed by atoms with van der Waals surface area (Å²) in [7, 11) is 0. The highest BCUT2D eigenvalue weighted by Gasteiger charge is 2.22. The Morgan fingerprint density at radius 3 is 0.833 bits per heavy atom. The number of fused-ring (bicyclic) bond motifs is 5. The Bertz CT molecular complexity index is 2880. The van der Waals surface area contributed by atoms with Crippen LogP contribution in [-0.2, 0) is 0 Å². The first-order valence-electron chi connectivity index (χ1n) is 20.5. The van der Waals surface area contributed by atoms with E-state index >= 15 is 0 Å². The predicted molar refractivity (Wildman–Crippen MR) is 259 cm³/mol. The van der Waals surface area contributed by atoms with Crippen molar-refractivity contribution in [2.75, 3.05) is 9.80 Å². The Kier molecular flexibility index (Phi) is 10.0. The molecule has 284 valence electrons. The van der Waals surface area contributed by atoms with Crippen molar-refractivity contribution >= 4 is 90.7 Å². The third-order valence-corrected chi connectivity index (χ3v) is 11.2. The second-order valence-electron chi connectivity index (χ2n) is 15.0. The minimum atomic E-state index is 1.10. The van der Waals surface area contributed by atoms with E-state index in [4.69, 9.17) is 0 Å². The molecule has 0 bridgehead atoms. The van der Waals surface area contributed by atoms with Crippen LogP contribution in [0.3, 0.4) is 0 Å². The van der Waals surface area contributed by atoms with Gasteiger partial charge in [0.15, 0.2) is 0 Å². The lowest BCUT2D eigenvalue weighted by Gasteiger charge is -2.30. The molecule has 0 saturated carbocycles. The average molecular weight is 767 g/mol. The van der Waals surface area contributed by atoms with Crippen LogP contribution < -0.4 is 9.80 Å². The normalized spacial score (nSPS) is 11.5. The van der Waals surface area contributed by atoms with Crippen LogP contribution in [0.2, 0.25) is 0 Å². The summed E-state index contributed by atoms with van der Waals surface area (Å²) in [4.78, 5) is 4.80. The van der Waals surface area contributed by atoms with Crippen LogP contribution in [0.1, 0.15) is 22.3 Å². The summed E-state index contributed by atoms with van der Waals surface area (Å²) in [5, 5.41) is 7.19. The van der Waals surface area contributed by atoms with E-state index in [9.17, 15) is 0 Å². The van der Waals surface area contributed by atoms with Gasteiger partial charge in [0, 0.05) is 33.5 Å². The number of nitrogens with zero attached hydrogens (tertiary/aromatic N) is 2. The van der Waals surface area contributed by atoms with Gasteiger partial charge in [-0.2, -0.15) is 0 Å². The molecule has 0 heterocycles. The first-order chi connectivity index (χ1) is 29.8. The van der Waals surface area contributed by atoms with Crippen LogP contribution >= 0.6 is 0 Å². The molecule has 0 amide bonds. The minimum absolute atomic E-state index is 1.10. The second-order valence-corrected chi connectivity index (χ2v) is 15.0. The van der Waals surface area contributed by atoms with Crippen LogP contribution in [0.15, 0.2) is 231 Å². The molecular formula is C58H42N2. The molecule has 10 aromatic rings. The van der Waals surface area contributed by atoms with Crippen molar-refractivity contribution in [2.45, 2.75) is 0 Å². The molecule has 0 N–H and O–H groups in total. The number of hydrogen-bond acceptors (Lipinski definition) is 2. The topological polar surface area (TPSA) is 6.48 Å². The summed E-state index contributed by atoms with van der Waals surface area (Å²) in [6, 6.07) is 82.6. The van der Waals surface area contributed by atoms with E-state index in [0.717, 1.165) is 45.3 Å². The zero-order chi connectivity index (χ0) is 40.1. The summed E-state index contributed by atoms with van der Waals surface area (Å²) in [6.07, 6.45) is 8.69. The standard InChI is InChI=1S/C58H42N2/c1-5-17-43(18-6-1)29-31-45-33-37-49(38-34-45)59(47-21-9-3-10-22-47)57-41-55-52-26-14-16-28-54(52)58(42-56(55)51-25-13-15-27-53(51)57)60(48-23-11-4-12-24-48)50-39-35-46(36-40-50)32-30-44-19-7-2-8-20-44/h1-42H. The van der Waals surface area contributed by atoms with E-state index in [1.807, 2.05) is 12.1 Å². The highest BCUT2D eigenvalue weighted by atomic mass is 15.1. The third-order valence-electron chi connectivity index (χ3n) is 11.2. The lowest BCUT2D eigenvalue weighted by Crippen LogP contribution is -2.12. The number of para-hydroxylation sites is 2. The fourth-order valence-electron chi connectivity index (χ4n) is 8.27. The molecule has 0 atom stereocenters. The van der Waals surface area contributed by atoms with Gasteiger partial charge in [0.05, 0.1) is 11.4 Å². The lowest BCUT2D eigenvalue weighted by atomic mass is 9.93. The zero-order valence-electron chi connectivity index (χ0n) is 33.1. The monoisotopic (exact) mass is 766 g/mol. The van der Waals surface area contributed by atoms with Crippen molar-refractivity contribution in [3.8, 4) is 0 Å². The summed E-state index contributed by atoms with van der Waals surface area (Å²) in [6.45, 7) is 0. The van der Waals surface area contributed by atoms with Crippen molar-refractivity contribution in [2.24, 2.45) is 0 Å². The Hall–Kier alpha value is -7.94. The molecule has 0 aliphatic carbocycles. The van der Waals surface area contributed by atoms with Crippen LogP contribution in [0.4, 0.5) is 34.1 Å². The summed E-state index contributed by atoms with van der Waals surface area (Å²) in [5.41, 5.74) is 11.3. The van der Waals surface area contributed by atoms with E-state index in [2.05, 4.69) is 252 Å². The van der Waals surface area contributed by atoms with E-state index in [1.165, 1.54) is 43.4 Å². The second kappa shape index (κ2) is 16.5. The molecule has 0 aliphatic rings. The molecule has 2 heteroatoms. The molecule has 0 aliphatic heterocycles. The van der Waals surface area contributed by atoms with Crippen LogP contribution in [-0.4, -0.2) is 0 Å². The van der Waals surface area contributed by atoms with Crippen molar-refractivity contribution < 1.29 is 0 Å². The van der Waals surface area contributed by atoms with Gasteiger partial charge < -0.3 is 9.80 Å². The van der Waals surface area contributed by atoms with Gasteiger partial charge in [-0.15, -0.1) is 0 Å². The Morgan fingerprint density at radius 1 is 0.217 bits per heavy atom. The highest BCUT2D eigenvalue weighted by molar-refractivity contribution is 6.24. The molecule has 0 spiro atoms. The van der Waals surface area contributed by atoms with Crippen molar-refractivity contribution in [3.05, 3.63) is 253 Å². The van der Waals surface area contributed by atoms with Crippen molar-refractivity contribution in [3.63, 3.8) is 0 Å². The molecular weight excluding hydrogens is 725 g/mol. The largest absolute Gasteiger partial charge is 0.310 e. The van der Waals surface area contributed by atoms with Crippen LogP contribution in [0, 0.1) is 0 Å². The Morgan fingerprint density at radius 2 is 0.483 bits per heavy atom. The molecule has 60 heavy (non-hydrogen) atoms. The molecule has 10 aromatic carbocycles. The summed E-state index contributed by atoms with van der Waals surface area (Å²) < 4.78 is 0. The van der Waals surface area contributed by atoms with Gasteiger partial charge in [0.2, 0.25) is 0 Å². The first kappa shape index (κ1) is 36.4. The fourth-order valence-corrected chi connectivity index (χ4v) is 8.27. The van der Waals surface area contributed by atoms with Crippen molar-refractivity contribution in [1.29, 1.82) is 0 Å². The maximum absolute atomic E-state index is 2.40. The quantitative estimate of drug-likeness (QED) is 0.101. The van der Waals surface area contributed by atoms with Crippen LogP contribution in [0.5, 0.6) is 0 Å². The van der Waals surface area contributed by atoms with Gasteiger partial charge in [-0.3, -0.25) is 0 Å². The molecule has 0 unspecified atom stereocenters. The summed E-state index contributed by atoms with van der Waals surface area (Å²) in [5.74, 6) is 0. The van der Waals surface area contributed by atoms with E-state index in [0.29, 0.717) is 0 Å². The zero-order valence-corrected chi connectivity index (χ0v) is 33.1. The smallest absolute Gasteiger partial charge is 0.0546 e. The molecule has 2 nitrogen and oxygen atoms in total. The van der Waals surface area contributed by atoms with Gasteiger partial charge in [-0.05, 0) is 104 Å². The van der Waals surface area contributed by atoms with Crippen molar-refractivity contribution in [1.82, 2.24) is 0 Å². The Balaban J connectivity index is 1.13. The van der Waals surface area contributed by atoms with Gasteiger partial charge in [0.25, 0.3) is 0 Å². The maximum atomic E-state index is 2.40. The molecule has 10 rings (SSSR count). The highest BCUT2D eigenvalue weighted by Crippen LogP contribution is 2.47. The summed E-state index contributed by atoms with van der Waals surface area (Å²) >= 11 is 0. The first-order valence-corrected chi connectivity index (χ1v) is 20.5. The van der Waals surface area contributed by atoms with E-state index < -0.39 is 0 Å². The Labute approximate surface area is 351 Å². The lowest BCUT2D eigenvalue weighted by molar-refractivity contribution is 1.30. The molecule has 0 fully saturated rings. The number of anilines is 6. The van der Waals surface area contributed by atoms with Gasteiger partial charge in [-0.1, -0.05) is 194 Å². The molecule has 0 radical (unpaired) electrons. The fraction of sp³-hybridized carbons (Fsp3) is 0. The van der Waals surface area contributed by atoms with Gasteiger partial charge in [-0.25, -0.2) is 0 Å². The van der Waals surface area contributed by atoms with Crippen LogP contribution in [0.25, 0.3) is 56.6 Å². The average Bonchev–Trinajstić information content (AvgIpc) is 3.33.